The maximum Gasteiger partial charge on any atom is 0.0925 e. The zero-order chi connectivity index (χ0) is 10.1. The van der Waals surface area contributed by atoms with Crippen molar-refractivity contribution in [1.29, 1.82) is 0 Å². The lowest BCUT2D eigenvalue weighted by atomic mass is 10.1. The predicted octanol–water partition coefficient (Wildman–Crippen LogP) is 1.46. The van der Waals surface area contributed by atoms with E-state index in [0.717, 1.165) is 11.9 Å². The number of rotatable bonds is 2. The Bertz CT molecular complexity index is 443. The average molecular weight is 189 g/mol. The van der Waals surface area contributed by atoms with Gasteiger partial charge in [0.15, 0.2) is 0 Å². The van der Waals surface area contributed by atoms with Crippen LogP contribution in [0.3, 0.4) is 0 Å². The van der Waals surface area contributed by atoms with Crippen LogP contribution in [-0.4, -0.2) is 15.8 Å². The summed E-state index contributed by atoms with van der Waals surface area (Å²) in [6.07, 6.45) is 2.93. The molecule has 0 radical (unpaired) electrons. The number of aromatic nitrogens is 2. The lowest BCUT2D eigenvalue weighted by molar-refractivity contribution is 0.738. The van der Waals surface area contributed by atoms with Crippen LogP contribution in [0.5, 0.6) is 0 Å². The molecule has 2 N–H and O–H groups in total. The van der Waals surface area contributed by atoms with Crippen molar-refractivity contribution < 1.29 is 0 Å². The van der Waals surface area contributed by atoms with Crippen LogP contribution >= 0.6 is 0 Å². The summed E-state index contributed by atoms with van der Waals surface area (Å²) in [5.41, 5.74) is 8.05. The molecular weight excluding hydrogens is 174 g/mol. The second kappa shape index (κ2) is 3.42. The number of nitrogens with two attached hydrogens (primary N) is 1. The summed E-state index contributed by atoms with van der Waals surface area (Å²) < 4.78 is 1.83. The van der Waals surface area contributed by atoms with Crippen LogP contribution < -0.4 is 5.73 Å². The summed E-state index contributed by atoms with van der Waals surface area (Å²) in [5.74, 6) is 0. The molecule has 14 heavy (non-hydrogen) atoms. The number of hydrogen-bond acceptors (Lipinski definition) is 2. The molecule has 1 aromatic heterocycles. The van der Waals surface area contributed by atoms with Gasteiger partial charge in [0.05, 0.1) is 5.52 Å². The first-order valence-electron chi connectivity index (χ1n) is 4.83. The summed E-state index contributed by atoms with van der Waals surface area (Å²) in [5, 5.41) is 5.54. The summed E-state index contributed by atoms with van der Waals surface area (Å²) >= 11 is 0. The monoisotopic (exact) mass is 189 g/mol. The van der Waals surface area contributed by atoms with Crippen molar-refractivity contribution in [3.05, 3.63) is 30.0 Å². The molecule has 0 bridgehead atoms. The SMILES string of the molecule is CC(N)Cc1ccc2cn(C)nc2c1. The van der Waals surface area contributed by atoms with Crippen molar-refractivity contribution in [3.63, 3.8) is 0 Å². The Morgan fingerprint density at radius 3 is 3.00 bits per heavy atom. The molecule has 2 aromatic rings. The minimum atomic E-state index is 0.205. The number of fused-ring (bicyclic) bond motifs is 1. The van der Waals surface area contributed by atoms with Crippen LogP contribution in [-0.2, 0) is 13.5 Å². The van der Waals surface area contributed by atoms with Gasteiger partial charge in [0.2, 0.25) is 0 Å². The van der Waals surface area contributed by atoms with E-state index >= 15 is 0 Å². The molecule has 1 atom stereocenters. The Labute approximate surface area is 83.5 Å². The Hall–Kier alpha value is -1.35. The highest BCUT2D eigenvalue weighted by molar-refractivity contribution is 5.78. The number of aryl methyl sites for hydroxylation is 1. The van der Waals surface area contributed by atoms with E-state index in [0.29, 0.717) is 0 Å². The molecule has 1 heterocycles. The van der Waals surface area contributed by atoms with Gasteiger partial charge in [0.1, 0.15) is 0 Å². The van der Waals surface area contributed by atoms with E-state index in [9.17, 15) is 0 Å². The standard InChI is InChI=1S/C11H15N3/c1-8(12)5-9-3-4-10-7-14(2)13-11(10)6-9/h3-4,6-8H,5,12H2,1-2H3. The molecule has 3 nitrogen and oxygen atoms in total. The van der Waals surface area contributed by atoms with Gasteiger partial charge in [-0.15, -0.1) is 0 Å². The van der Waals surface area contributed by atoms with Crippen LogP contribution in [0.2, 0.25) is 0 Å². The Kier molecular flexibility index (Phi) is 2.25. The van der Waals surface area contributed by atoms with Gasteiger partial charge in [0, 0.05) is 24.7 Å². The molecule has 0 aliphatic heterocycles. The van der Waals surface area contributed by atoms with E-state index in [1.165, 1.54) is 10.9 Å². The Morgan fingerprint density at radius 2 is 2.29 bits per heavy atom. The van der Waals surface area contributed by atoms with Crippen molar-refractivity contribution in [3.8, 4) is 0 Å². The van der Waals surface area contributed by atoms with Crippen molar-refractivity contribution >= 4 is 10.9 Å². The first kappa shape index (κ1) is 9.21. The van der Waals surface area contributed by atoms with E-state index in [4.69, 9.17) is 5.73 Å². The third-order valence-electron chi connectivity index (χ3n) is 2.24. The average Bonchev–Trinajstić information content (AvgIpc) is 2.42. The van der Waals surface area contributed by atoms with E-state index in [-0.39, 0.29) is 6.04 Å². The van der Waals surface area contributed by atoms with Crippen molar-refractivity contribution in [2.75, 3.05) is 0 Å². The third kappa shape index (κ3) is 1.77. The maximum absolute atomic E-state index is 5.75. The van der Waals surface area contributed by atoms with E-state index in [1.54, 1.807) is 0 Å². The summed E-state index contributed by atoms with van der Waals surface area (Å²) in [4.78, 5) is 0. The molecular formula is C11H15N3. The summed E-state index contributed by atoms with van der Waals surface area (Å²) in [6, 6.07) is 6.53. The van der Waals surface area contributed by atoms with Crippen LogP contribution in [0.1, 0.15) is 12.5 Å². The van der Waals surface area contributed by atoms with E-state index < -0.39 is 0 Å². The van der Waals surface area contributed by atoms with Gasteiger partial charge < -0.3 is 5.73 Å². The highest BCUT2D eigenvalue weighted by Crippen LogP contribution is 2.14. The van der Waals surface area contributed by atoms with Crippen molar-refractivity contribution in [2.24, 2.45) is 12.8 Å². The predicted molar refractivity (Wildman–Crippen MR) is 58.1 cm³/mol. The molecule has 3 heteroatoms. The maximum atomic E-state index is 5.75. The van der Waals surface area contributed by atoms with Crippen LogP contribution in [0.25, 0.3) is 10.9 Å². The summed E-state index contributed by atoms with van der Waals surface area (Å²) in [6.45, 7) is 2.02. The molecule has 0 fully saturated rings. The lowest BCUT2D eigenvalue weighted by Gasteiger charge is -2.03. The van der Waals surface area contributed by atoms with Gasteiger partial charge >= 0.3 is 0 Å². The van der Waals surface area contributed by atoms with Crippen LogP contribution in [0.15, 0.2) is 24.4 Å². The van der Waals surface area contributed by atoms with Crippen LogP contribution in [0.4, 0.5) is 0 Å². The first-order chi connectivity index (χ1) is 6.65. The fourth-order valence-electron chi connectivity index (χ4n) is 1.68. The second-order valence-corrected chi connectivity index (χ2v) is 3.88. The Morgan fingerprint density at radius 1 is 1.50 bits per heavy atom. The van der Waals surface area contributed by atoms with Crippen molar-refractivity contribution in [2.45, 2.75) is 19.4 Å². The van der Waals surface area contributed by atoms with E-state index in [2.05, 4.69) is 23.3 Å². The smallest absolute Gasteiger partial charge is 0.0925 e. The summed E-state index contributed by atoms with van der Waals surface area (Å²) in [7, 11) is 1.94. The van der Waals surface area contributed by atoms with Gasteiger partial charge in [-0.25, -0.2) is 0 Å². The topological polar surface area (TPSA) is 43.8 Å². The molecule has 74 valence electrons. The fraction of sp³-hybridized carbons (Fsp3) is 0.364. The second-order valence-electron chi connectivity index (χ2n) is 3.88. The minimum Gasteiger partial charge on any atom is -0.328 e. The van der Waals surface area contributed by atoms with Crippen LogP contribution in [0, 0.1) is 0 Å². The molecule has 2 rings (SSSR count). The largest absolute Gasteiger partial charge is 0.328 e. The van der Waals surface area contributed by atoms with Gasteiger partial charge in [-0.05, 0) is 25.0 Å². The minimum absolute atomic E-state index is 0.205. The fourth-order valence-corrected chi connectivity index (χ4v) is 1.68. The first-order valence-corrected chi connectivity index (χ1v) is 4.83. The quantitative estimate of drug-likeness (QED) is 0.777. The Balaban J connectivity index is 2.40. The number of hydrogen-bond donors (Lipinski definition) is 1. The molecule has 0 saturated heterocycles. The zero-order valence-corrected chi connectivity index (χ0v) is 8.57. The molecule has 0 aliphatic rings. The molecule has 0 spiro atoms. The third-order valence-corrected chi connectivity index (χ3v) is 2.24. The normalized spacial score (nSPS) is 13.4. The zero-order valence-electron chi connectivity index (χ0n) is 8.57. The molecule has 1 unspecified atom stereocenters. The van der Waals surface area contributed by atoms with Gasteiger partial charge in [0.25, 0.3) is 0 Å². The van der Waals surface area contributed by atoms with E-state index in [1.807, 2.05) is 24.9 Å². The highest BCUT2D eigenvalue weighted by atomic mass is 15.2. The molecule has 0 aliphatic carbocycles. The number of nitrogens with zero attached hydrogens (tertiary/aromatic N) is 2. The molecule has 1 aromatic carbocycles. The molecule has 0 amide bonds. The number of benzene rings is 1. The highest BCUT2D eigenvalue weighted by Gasteiger charge is 2.01. The lowest BCUT2D eigenvalue weighted by Crippen LogP contribution is -2.17. The van der Waals surface area contributed by atoms with Gasteiger partial charge in [-0.3, -0.25) is 4.68 Å². The van der Waals surface area contributed by atoms with Gasteiger partial charge in [-0.1, -0.05) is 12.1 Å². The molecule has 0 saturated carbocycles. The van der Waals surface area contributed by atoms with Crippen molar-refractivity contribution in [1.82, 2.24) is 9.78 Å². The van der Waals surface area contributed by atoms with Gasteiger partial charge in [-0.2, -0.15) is 5.10 Å².